The molecule has 4 heterocycles. The molecule has 356 valence electrons. The van der Waals surface area contributed by atoms with Crippen LogP contribution in [0.5, 0.6) is 28.7 Å². The Hall–Kier alpha value is -7.19. The molecule has 3 N–H and O–H groups in total. The van der Waals surface area contributed by atoms with Gasteiger partial charge in [0.2, 0.25) is 0 Å². The molecular weight excluding hydrogens is 972 g/mol. The number of thioether (sulfide) groups is 1. The number of nitrogens with zero attached hydrogens (tertiary/aromatic N) is 4. The van der Waals surface area contributed by atoms with Crippen molar-refractivity contribution in [1.29, 1.82) is 0 Å². The first-order valence-electron chi connectivity index (χ1n) is 20.8. The molecule has 8 rings (SSSR count). The number of carbonyl (C=O) groups is 3. The van der Waals surface area contributed by atoms with Crippen molar-refractivity contribution in [2.24, 2.45) is 5.16 Å². The van der Waals surface area contributed by atoms with Crippen LogP contribution in [0.3, 0.4) is 0 Å². The molecule has 0 spiro atoms. The van der Waals surface area contributed by atoms with E-state index >= 15 is 0 Å². The molecule has 2 aliphatic rings. The van der Waals surface area contributed by atoms with Gasteiger partial charge >= 0.3 is 5.97 Å². The van der Waals surface area contributed by atoms with Gasteiger partial charge in [-0.25, -0.2) is 9.78 Å². The lowest BCUT2D eigenvalue weighted by molar-refractivity contribution is -0.153. The van der Waals surface area contributed by atoms with Crippen molar-refractivity contribution in [2.75, 3.05) is 39.9 Å². The van der Waals surface area contributed by atoms with Gasteiger partial charge in [0.15, 0.2) is 28.1 Å². The highest BCUT2D eigenvalue weighted by Crippen LogP contribution is 2.48. The smallest absolute Gasteiger partial charge is 0.355 e. The first-order chi connectivity index (χ1) is 33.5. The zero-order chi connectivity index (χ0) is 48.6. The van der Waals surface area contributed by atoms with Gasteiger partial charge in [-0.2, -0.15) is 0 Å². The molecule has 69 heavy (non-hydrogen) atoms. The first kappa shape index (κ1) is 48.3. The van der Waals surface area contributed by atoms with Crippen LogP contribution < -0.4 is 34.7 Å². The molecule has 2 atom stereocenters. The second-order valence-electron chi connectivity index (χ2n) is 15.0. The number of fused-ring (bicyclic) bond motifs is 1. The number of hydrogen-bond donors (Lipinski definition) is 2. The number of nitrogens with one attached hydrogen (secondary N) is 1. The van der Waals surface area contributed by atoms with Crippen LogP contribution in [0.15, 0.2) is 117 Å². The lowest BCUT2D eigenvalue weighted by Crippen LogP contribution is -2.71. The van der Waals surface area contributed by atoms with Crippen LogP contribution in [-0.4, -0.2) is 84.1 Å². The SMILES string of the molecule is CO/N=C(\C(=O)N[C@@H]1C(=O)N2C(C(=O)OCc3ccc(OC)cc3)=C(/C=C/c3cc(-c4cc(Cl)c(OCc5ccc(OC)cc5)c(OCc5ccc(OC)cc5)c4Cl)no3)CS[C@H]12)c1csc(N)n1. The number of β-lactam (4-membered cyclic amide) rings is 1. The third kappa shape index (κ3) is 10.9. The van der Waals surface area contributed by atoms with E-state index in [0.717, 1.165) is 22.5 Å². The molecule has 17 nitrogen and oxygen atoms in total. The maximum Gasteiger partial charge on any atom is 0.355 e. The number of benzene rings is 4. The van der Waals surface area contributed by atoms with Crippen LogP contribution in [0.25, 0.3) is 17.3 Å². The highest BCUT2D eigenvalue weighted by molar-refractivity contribution is 8.00. The Morgan fingerprint density at radius 3 is 2.01 bits per heavy atom. The number of methoxy groups -OCH3 is 3. The van der Waals surface area contributed by atoms with Crippen molar-refractivity contribution in [1.82, 2.24) is 20.4 Å². The summed E-state index contributed by atoms with van der Waals surface area (Å²) in [5, 5.41) is 12.3. The zero-order valence-electron chi connectivity index (χ0n) is 37.2. The number of oxime groups is 1. The third-order valence-corrected chi connectivity index (χ3v) is 13.3. The molecule has 0 unspecified atom stereocenters. The molecule has 0 radical (unpaired) electrons. The van der Waals surface area contributed by atoms with E-state index in [0.29, 0.717) is 39.6 Å². The second kappa shape index (κ2) is 21.8. The van der Waals surface area contributed by atoms with E-state index in [1.165, 1.54) is 23.8 Å². The predicted molar refractivity (Wildman–Crippen MR) is 261 cm³/mol. The summed E-state index contributed by atoms with van der Waals surface area (Å²) in [6.07, 6.45) is 3.24. The monoisotopic (exact) mass is 1010 g/mol. The Morgan fingerprint density at radius 2 is 1.45 bits per heavy atom. The molecule has 0 saturated carbocycles. The Bertz CT molecular complexity index is 2940. The van der Waals surface area contributed by atoms with Crippen LogP contribution in [0.4, 0.5) is 5.13 Å². The Labute approximate surface area is 413 Å². The van der Waals surface area contributed by atoms with Crippen LogP contribution >= 0.6 is 46.3 Å². The molecule has 0 bridgehead atoms. The van der Waals surface area contributed by atoms with Crippen molar-refractivity contribution in [2.45, 2.75) is 31.2 Å². The van der Waals surface area contributed by atoms with Gasteiger partial charge in [-0.15, -0.1) is 23.1 Å². The number of nitrogens with two attached hydrogens (primary N) is 1. The van der Waals surface area contributed by atoms with Gasteiger partial charge in [0.25, 0.3) is 11.8 Å². The summed E-state index contributed by atoms with van der Waals surface area (Å²) in [7, 11) is 6.01. The molecule has 0 aliphatic carbocycles. The molecule has 2 aromatic heterocycles. The maximum absolute atomic E-state index is 14.0. The average molecular weight is 1010 g/mol. The molecule has 4 aromatic carbocycles. The first-order valence-corrected chi connectivity index (χ1v) is 23.5. The number of hydrogen-bond acceptors (Lipinski definition) is 17. The van der Waals surface area contributed by atoms with Gasteiger partial charge in [0.1, 0.15) is 72.7 Å². The van der Waals surface area contributed by atoms with E-state index in [1.54, 1.807) is 75.3 Å². The van der Waals surface area contributed by atoms with Gasteiger partial charge in [-0.05, 0) is 70.8 Å². The minimum Gasteiger partial charge on any atom is -0.497 e. The number of aromatic nitrogens is 2. The summed E-state index contributed by atoms with van der Waals surface area (Å²) in [5.74, 6) is 0.922. The molecule has 6 aromatic rings. The molecule has 2 amide bonds. The number of allylic oxidation sites excluding steroid dienone is 1. The minimum atomic E-state index is -1.02. The van der Waals surface area contributed by atoms with Crippen molar-refractivity contribution in [3.8, 4) is 40.0 Å². The summed E-state index contributed by atoms with van der Waals surface area (Å²) < 4.78 is 39.9. The molecule has 2 aliphatic heterocycles. The predicted octanol–water partition coefficient (Wildman–Crippen LogP) is 8.33. The van der Waals surface area contributed by atoms with Crippen molar-refractivity contribution in [3.05, 3.63) is 146 Å². The highest BCUT2D eigenvalue weighted by Gasteiger charge is 2.54. The van der Waals surface area contributed by atoms with Crippen LogP contribution in [0, 0.1) is 0 Å². The van der Waals surface area contributed by atoms with Crippen molar-refractivity contribution < 1.29 is 52.2 Å². The van der Waals surface area contributed by atoms with E-state index in [2.05, 4.69) is 20.6 Å². The number of nitrogen functional groups attached to an aromatic ring is 1. The van der Waals surface area contributed by atoms with E-state index in [4.69, 9.17) is 66.7 Å². The number of esters is 1. The minimum absolute atomic E-state index is 0.00416. The number of ether oxygens (including phenoxy) is 6. The van der Waals surface area contributed by atoms with Crippen LogP contribution in [0.2, 0.25) is 10.0 Å². The van der Waals surface area contributed by atoms with Crippen LogP contribution in [0.1, 0.15) is 28.1 Å². The fourth-order valence-electron chi connectivity index (χ4n) is 7.07. The summed E-state index contributed by atoms with van der Waals surface area (Å²) in [4.78, 5) is 51.7. The maximum atomic E-state index is 14.0. The number of anilines is 1. The van der Waals surface area contributed by atoms with E-state index in [1.807, 2.05) is 48.5 Å². The summed E-state index contributed by atoms with van der Waals surface area (Å²) >= 11 is 16.5. The van der Waals surface area contributed by atoms with Gasteiger partial charge in [-0.3, -0.25) is 14.5 Å². The van der Waals surface area contributed by atoms with E-state index in [-0.39, 0.29) is 75.1 Å². The Kier molecular flexibility index (Phi) is 15.3. The number of thiazole rings is 1. The fourth-order valence-corrected chi connectivity index (χ4v) is 9.48. The zero-order valence-corrected chi connectivity index (χ0v) is 40.4. The molecule has 1 fully saturated rings. The van der Waals surface area contributed by atoms with Gasteiger partial charge in [0.05, 0.1) is 31.4 Å². The summed E-state index contributed by atoms with van der Waals surface area (Å²) in [5.41, 5.74) is 9.32. The molecule has 21 heteroatoms. The normalized spacial score (nSPS) is 15.6. The molecular formula is C48H42Cl2N6O11S2. The fraction of sp³-hybridized carbons (Fsp3) is 0.208. The number of amides is 2. The lowest BCUT2D eigenvalue weighted by atomic mass is 10.0. The van der Waals surface area contributed by atoms with Gasteiger partial charge < -0.3 is 48.8 Å². The largest absolute Gasteiger partial charge is 0.497 e. The second-order valence-corrected chi connectivity index (χ2v) is 17.7. The summed E-state index contributed by atoms with van der Waals surface area (Å²) in [6, 6.07) is 24.0. The van der Waals surface area contributed by atoms with E-state index < -0.39 is 29.2 Å². The topological polar surface area (TPSA) is 208 Å². The molecule has 1 saturated heterocycles. The van der Waals surface area contributed by atoms with E-state index in [9.17, 15) is 14.4 Å². The summed E-state index contributed by atoms with van der Waals surface area (Å²) in [6.45, 7) is 0.170. The lowest BCUT2D eigenvalue weighted by Gasteiger charge is -2.49. The Morgan fingerprint density at radius 1 is 0.855 bits per heavy atom. The highest BCUT2D eigenvalue weighted by atomic mass is 35.5. The van der Waals surface area contributed by atoms with Crippen molar-refractivity contribution in [3.63, 3.8) is 0 Å². The number of carbonyl (C=O) groups excluding carboxylic acids is 3. The third-order valence-electron chi connectivity index (χ3n) is 10.6. The van der Waals surface area contributed by atoms with Crippen molar-refractivity contribution >= 4 is 81.0 Å². The van der Waals surface area contributed by atoms with Gasteiger partial charge in [0, 0.05) is 22.8 Å². The standard InChI is InChI=1S/C48H42Cl2N6O11S2/c1-60-30-12-5-26(6-13-30)21-64-42-35(49)20-34(38(50)43(42)65-22-27-7-14-31(61-2)15-8-27)36-19-33(67-54-36)18-11-29-24-68-46-40(53-44(57)39(55-63-4)37-25-69-48(51)52-37)45(58)56(46)41(29)47(59)66-23-28-9-16-32(62-3)17-10-28/h5-20,25,40,46H,21-24H2,1-4H3,(H2,51,52)(H,53,57)/b18-11+,55-39-/t40-,46-/m1/s1. The number of halogens is 2. The Balaban J connectivity index is 1.06. The number of rotatable bonds is 19. The average Bonchev–Trinajstić information content (AvgIpc) is 4.04. The van der Waals surface area contributed by atoms with Gasteiger partial charge in [-0.1, -0.05) is 76.0 Å². The van der Waals surface area contributed by atoms with Crippen LogP contribution in [-0.2, 0) is 43.8 Å². The quantitative estimate of drug-likeness (QED) is 0.0338.